The first-order valence-corrected chi connectivity index (χ1v) is 40.7. The third kappa shape index (κ3) is 20.4. The molecule has 0 radical (unpaired) electrons. The Morgan fingerprint density at radius 3 is 1.37 bits per heavy atom. The zero-order valence-electron chi connectivity index (χ0n) is 71.1. The Balaban J connectivity index is 0.000000127. The molecule has 5 aromatic carbocycles. The van der Waals surface area contributed by atoms with Crippen LogP contribution < -0.4 is 36.4 Å². The summed E-state index contributed by atoms with van der Waals surface area (Å²) in [6.45, 7) is 15.0. The number of nitrogens with one attached hydrogen (secondary N) is 5. The van der Waals surface area contributed by atoms with Crippen molar-refractivity contribution in [3.8, 4) is 0 Å². The number of benzene rings is 5. The summed E-state index contributed by atoms with van der Waals surface area (Å²) in [6, 6.07) is 53.8. The van der Waals surface area contributed by atoms with Crippen LogP contribution in [0.3, 0.4) is 0 Å². The van der Waals surface area contributed by atoms with Gasteiger partial charge in [-0.3, -0.25) is 18.7 Å². The van der Waals surface area contributed by atoms with E-state index in [1.54, 1.807) is 39.0 Å². The van der Waals surface area contributed by atoms with Crippen molar-refractivity contribution in [3.63, 3.8) is 0 Å². The molecule has 1 aliphatic carbocycles. The average Bonchev–Trinajstić information content (AvgIpc) is 1.62. The lowest BCUT2D eigenvalue weighted by Gasteiger charge is -2.20. The van der Waals surface area contributed by atoms with Crippen molar-refractivity contribution in [2.45, 2.75) is 123 Å². The van der Waals surface area contributed by atoms with Crippen molar-refractivity contribution >= 4 is 108 Å². The Morgan fingerprint density at radius 1 is 0.476 bits per heavy atom. The van der Waals surface area contributed by atoms with Gasteiger partial charge < -0.3 is 60.3 Å². The van der Waals surface area contributed by atoms with E-state index in [0.717, 1.165) is 80.4 Å². The van der Waals surface area contributed by atoms with Crippen molar-refractivity contribution in [1.82, 2.24) is 118 Å². The minimum absolute atomic E-state index is 0.0348. The molecule has 0 amide bonds. The molecule has 1 unspecified atom stereocenters. The van der Waals surface area contributed by atoms with Gasteiger partial charge in [-0.25, -0.2) is 15.0 Å². The summed E-state index contributed by atoms with van der Waals surface area (Å²) >= 11 is 0. The summed E-state index contributed by atoms with van der Waals surface area (Å²) in [5, 5.41) is 54.6. The van der Waals surface area contributed by atoms with Crippen molar-refractivity contribution in [1.29, 1.82) is 0 Å². The van der Waals surface area contributed by atoms with Gasteiger partial charge in [0.2, 0.25) is 11.9 Å². The van der Waals surface area contributed by atoms with Crippen LogP contribution >= 0.6 is 0 Å². The van der Waals surface area contributed by atoms with E-state index in [1.807, 2.05) is 237 Å². The third-order valence-corrected chi connectivity index (χ3v) is 20.9. The highest BCUT2D eigenvalue weighted by Gasteiger charge is 2.27. The average molecular weight is 1680 g/mol. The maximum absolute atomic E-state index is 13.9. The number of hydrogen-bond acceptors (Lipinski definition) is 26. The van der Waals surface area contributed by atoms with Crippen molar-refractivity contribution in [3.05, 3.63) is 253 Å². The van der Waals surface area contributed by atoms with Crippen molar-refractivity contribution < 1.29 is 23.4 Å². The molecule has 1 saturated carbocycles. The highest BCUT2D eigenvalue weighted by Crippen LogP contribution is 2.36. The third-order valence-electron chi connectivity index (χ3n) is 20.9. The number of nitrogens with zero attached hydrogens (tertiary/aromatic N) is 26. The van der Waals surface area contributed by atoms with Crippen LogP contribution in [0, 0.1) is 25.2 Å². The molecule has 7 N–H and O–H groups in total. The van der Waals surface area contributed by atoms with Crippen LogP contribution in [0.4, 0.5) is 65.8 Å². The smallest absolute Gasteiger partial charge is 0.312 e. The molecule has 0 aliphatic heterocycles. The maximum atomic E-state index is 13.9. The van der Waals surface area contributed by atoms with Gasteiger partial charge >= 0.3 is 18.2 Å². The van der Waals surface area contributed by atoms with Crippen molar-refractivity contribution in [2.24, 2.45) is 28.2 Å². The summed E-state index contributed by atoms with van der Waals surface area (Å²) in [5.74, 6) is 5.26. The number of hydrogen-bond donors (Lipinski definition) is 7. The van der Waals surface area contributed by atoms with Gasteiger partial charge in [0.25, 0.3) is 0 Å². The predicted molar refractivity (Wildman–Crippen MR) is 474 cm³/mol. The van der Waals surface area contributed by atoms with Gasteiger partial charge in [-0.1, -0.05) is 185 Å². The number of imidazole rings is 3. The predicted octanol–water partition coefficient (Wildman–Crippen LogP) is 14.5. The molecule has 1 aliphatic rings. The highest BCUT2D eigenvalue weighted by molar-refractivity contribution is 5.91. The molecule has 18 rings (SSSR count). The second-order valence-electron chi connectivity index (χ2n) is 31.1. The topological polar surface area (TPSA) is 361 Å². The normalized spacial score (nSPS) is 12.3. The van der Waals surface area contributed by atoms with E-state index in [9.17, 15) is 18.3 Å². The molecule has 12 aromatic heterocycles. The van der Waals surface area contributed by atoms with Gasteiger partial charge in [-0.15, -0.1) is 0 Å². The van der Waals surface area contributed by atoms with E-state index in [-0.39, 0.29) is 30.7 Å². The van der Waals surface area contributed by atoms with E-state index in [2.05, 4.69) is 136 Å². The van der Waals surface area contributed by atoms with Gasteiger partial charge in [0, 0.05) is 116 Å². The van der Waals surface area contributed by atoms with E-state index in [1.165, 1.54) is 24.7 Å². The number of aromatic nitrogens is 24. The van der Waals surface area contributed by atoms with Gasteiger partial charge in [0.15, 0.2) is 85.5 Å². The molecular weight excluding hydrogens is 1580 g/mol. The molecule has 1 atom stereocenters. The number of aryl methyl sites for hydroxylation is 5. The molecule has 0 bridgehead atoms. The molecule has 12 heterocycles. The van der Waals surface area contributed by atoms with Crippen molar-refractivity contribution in [2.75, 3.05) is 63.7 Å². The lowest BCUT2D eigenvalue weighted by Crippen LogP contribution is -2.19. The Bertz CT molecular complexity index is 6360. The molecule has 0 saturated heterocycles. The zero-order chi connectivity index (χ0) is 87.1. The molecule has 36 heteroatoms. The molecular formula is C88H100F3N31O2. The fourth-order valence-electron chi connectivity index (χ4n) is 14.3. The summed E-state index contributed by atoms with van der Waals surface area (Å²) in [7, 11) is 11.5. The molecule has 640 valence electrons. The van der Waals surface area contributed by atoms with Crippen LogP contribution in [0.1, 0.15) is 118 Å². The molecule has 33 nitrogen and oxygen atoms in total. The summed E-state index contributed by atoms with van der Waals surface area (Å²) in [6.07, 6.45) is 10.8. The van der Waals surface area contributed by atoms with Gasteiger partial charge in [0.1, 0.15) is 0 Å². The number of anilines is 9. The number of aliphatic hydroxyl groups excluding tert-OH is 2. The van der Waals surface area contributed by atoms with Gasteiger partial charge in [-0.2, -0.15) is 83.4 Å². The lowest BCUT2D eigenvalue weighted by atomic mass is 9.92. The zero-order valence-corrected chi connectivity index (χ0v) is 71.1. The van der Waals surface area contributed by atoms with Crippen LogP contribution in [0.2, 0.25) is 0 Å². The van der Waals surface area contributed by atoms with Gasteiger partial charge in [-0.05, 0) is 61.4 Å². The Kier molecular flexibility index (Phi) is 27.0. The minimum atomic E-state index is -0.822. The fraction of sp³-hybridized carbons (Fsp3) is 0.307. The number of halogens is 3. The quantitative estimate of drug-likeness (QED) is 0.0276. The largest absolute Gasteiger partial charge is 0.395 e. The first kappa shape index (κ1) is 86.0. The molecule has 124 heavy (non-hydrogen) atoms. The lowest BCUT2D eigenvalue weighted by molar-refractivity contribution is 0.276. The number of fused-ring (bicyclic) bond motifs is 5. The monoisotopic (exact) mass is 1680 g/mol. The molecule has 1 fully saturated rings. The Morgan fingerprint density at radius 2 is 0.903 bits per heavy atom. The fourth-order valence-corrected chi connectivity index (χ4v) is 14.3. The minimum Gasteiger partial charge on any atom is -0.395 e. The van der Waals surface area contributed by atoms with Crippen LogP contribution in [0.5, 0.6) is 0 Å². The van der Waals surface area contributed by atoms with E-state index in [4.69, 9.17) is 20.2 Å². The molecule has 0 spiro atoms. The highest BCUT2D eigenvalue weighted by atomic mass is 19.1. The van der Waals surface area contributed by atoms with Gasteiger partial charge in [0.05, 0.1) is 61.4 Å². The van der Waals surface area contributed by atoms with E-state index < -0.39 is 18.2 Å². The van der Waals surface area contributed by atoms with Crippen LogP contribution in [-0.2, 0) is 66.3 Å². The van der Waals surface area contributed by atoms with Crippen LogP contribution in [0.25, 0.3) is 55.6 Å². The maximum Gasteiger partial charge on any atom is 0.312 e. The van der Waals surface area contributed by atoms with E-state index in [0.29, 0.717) is 113 Å². The first-order valence-electron chi connectivity index (χ1n) is 40.7. The SMILES string of the molecule is CC(C)n1cnc2c(NCc3ccccc3)nc(F)nc21.CN(c1cc(C(C)(C)C)n(C)n1)c1nc(NC(CO)c2ccccc2)nc2c1cnn2C.Cc1cc(N(C)c2nc(NCc3ccccc3)nc3c2cnn3C)nn1C.Fc1nc(NCc2ccccc2)c2ncn(C3CCCC3)c2n1.OCCn1cnc2c(NCc3ccccc3)nc(F)nc21. The number of rotatable bonds is 24. The summed E-state index contributed by atoms with van der Waals surface area (Å²) < 4.78 is 53.7. The Hall–Kier alpha value is -14.4. The Labute approximate surface area is 713 Å². The molecule has 17 aromatic rings. The summed E-state index contributed by atoms with van der Waals surface area (Å²) in [5.41, 5.74) is 12.2. The number of aliphatic hydroxyl groups is 2. The first-order chi connectivity index (χ1) is 59.9. The van der Waals surface area contributed by atoms with E-state index >= 15 is 0 Å². The second kappa shape index (κ2) is 39.0. The standard InChI is InChI=1S/C23H30N8O.C19H22N8.C17H18FN5.C15H16FN5.C14H14FN5O/c1-23(2,3)18-12-19(28-30(18)5)29(4)20-16-13-24-31(6)21(16)27-22(26-20)25-17(14-32)15-10-8-7-9-11-15;1-13-10-16(24-26(13)3)25(2)17-15-12-21-27(4)18(15)23-19(22-17)20-11-14-8-6-5-7-9-14;18-17-21-15(19-10-12-6-2-1-3-7-12)14-16(22-17)23(11-20-14)13-8-4-5-9-13;1-10(2)21-9-18-12-13(19-15(16)20-14(12)21)17-8-11-6-4-3-5-7-11;15-14-18-12(16-8-10-4-2-1-3-5-10)11-13(19-14)20(6-7-21)9-17-11/h7-13,17,32H,14H2,1-6H3,(H,25,26,27);5-10,12H,11H2,1-4H3,(H,20,22,23);1-3,6-7,11,13H,4-5,8-10H2,(H,19,21,22);3-7,9-10H,8H2,1-2H3,(H,17,19,20);1-5,9,21H,6-8H2,(H,16,18,19). The van der Waals surface area contributed by atoms with Crippen LogP contribution in [-0.4, -0.2) is 155 Å². The summed E-state index contributed by atoms with van der Waals surface area (Å²) in [4.78, 5) is 58.7. The second-order valence-corrected chi connectivity index (χ2v) is 31.1. The van der Waals surface area contributed by atoms with Crippen LogP contribution in [0.15, 0.2) is 195 Å².